The van der Waals surface area contributed by atoms with Crippen LogP contribution in [0.15, 0.2) is 60.8 Å². The highest BCUT2D eigenvalue weighted by Gasteiger charge is 2.14. The summed E-state index contributed by atoms with van der Waals surface area (Å²) >= 11 is 0. The zero-order valence-corrected chi connectivity index (χ0v) is 16.2. The van der Waals surface area contributed by atoms with Crippen LogP contribution in [0.1, 0.15) is 29.8 Å². The summed E-state index contributed by atoms with van der Waals surface area (Å²) in [6.07, 6.45) is 5.27. The largest absolute Gasteiger partial charge is 0.325 e. The normalized spacial score (nSPS) is 14.5. The number of pyridine rings is 1. The highest BCUT2D eigenvalue weighted by Crippen LogP contribution is 2.17. The minimum absolute atomic E-state index is 0.0101. The fourth-order valence-electron chi connectivity index (χ4n) is 3.56. The molecule has 1 aromatic heterocycles. The molecule has 0 radical (unpaired) electrons. The van der Waals surface area contributed by atoms with Crippen LogP contribution < -0.4 is 10.6 Å². The van der Waals surface area contributed by atoms with Gasteiger partial charge in [0.15, 0.2) is 0 Å². The highest BCUT2D eigenvalue weighted by atomic mass is 16.2. The lowest BCUT2D eigenvalue weighted by molar-refractivity contribution is -0.117. The minimum atomic E-state index is -0.266. The fourth-order valence-corrected chi connectivity index (χ4v) is 3.56. The lowest BCUT2D eigenvalue weighted by atomic mass is 10.1. The van der Waals surface area contributed by atoms with Gasteiger partial charge in [-0.15, -0.1) is 0 Å². The summed E-state index contributed by atoms with van der Waals surface area (Å²) in [7, 11) is 0. The Morgan fingerprint density at radius 3 is 2.24 bits per heavy atom. The van der Waals surface area contributed by atoms with E-state index in [9.17, 15) is 9.59 Å². The van der Waals surface area contributed by atoms with Crippen molar-refractivity contribution in [2.45, 2.75) is 19.3 Å². The molecule has 2 amide bonds. The number of fused-ring (bicyclic) bond motifs is 1. The number of carbonyl (C=O) groups is 2. The molecule has 3 aromatic rings. The van der Waals surface area contributed by atoms with Crippen molar-refractivity contribution in [1.82, 2.24) is 9.88 Å². The first kappa shape index (κ1) is 19.1. The molecule has 0 bridgehead atoms. The van der Waals surface area contributed by atoms with Gasteiger partial charge in [-0.3, -0.25) is 19.5 Å². The van der Waals surface area contributed by atoms with Crippen molar-refractivity contribution >= 4 is 34.0 Å². The van der Waals surface area contributed by atoms with E-state index in [1.165, 1.54) is 6.42 Å². The van der Waals surface area contributed by atoms with Crippen LogP contribution in [-0.4, -0.2) is 41.3 Å². The zero-order chi connectivity index (χ0) is 20.1. The SMILES string of the molecule is O=C(CN1CCCCC1)Nc1ccc(NC(=O)c2cc3ccccc3cn2)cc1. The highest BCUT2D eigenvalue weighted by molar-refractivity contribution is 6.05. The lowest BCUT2D eigenvalue weighted by Gasteiger charge is -2.25. The summed E-state index contributed by atoms with van der Waals surface area (Å²) in [5.74, 6) is -0.276. The molecular formula is C23H24N4O2. The van der Waals surface area contributed by atoms with Crippen LogP contribution >= 0.6 is 0 Å². The van der Waals surface area contributed by atoms with Crippen LogP contribution in [-0.2, 0) is 4.79 Å². The standard InChI is InChI=1S/C23H24N4O2/c28-22(16-27-12-4-1-5-13-27)25-19-8-10-20(11-9-19)26-23(29)21-14-17-6-2-3-7-18(17)15-24-21/h2-3,6-11,14-15H,1,4-5,12-13,16H2,(H,25,28)(H,26,29). The molecule has 2 heterocycles. The molecule has 0 saturated carbocycles. The van der Waals surface area contributed by atoms with E-state index in [0.717, 1.165) is 36.7 Å². The van der Waals surface area contributed by atoms with Gasteiger partial charge in [0.05, 0.1) is 6.54 Å². The molecular weight excluding hydrogens is 364 g/mol. The number of benzene rings is 2. The first-order valence-corrected chi connectivity index (χ1v) is 9.96. The van der Waals surface area contributed by atoms with Crippen LogP contribution in [0.2, 0.25) is 0 Å². The minimum Gasteiger partial charge on any atom is -0.325 e. The van der Waals surface area contributed by atoms with Gasteiger partial charge >= 0.3 is 0 Å². The predicted octanol–water partition coefficient (Wildman–Crippen LogP) is 3.91. The number of carbonyl (C=O) groups excluding carboxylic acids is 2. The maximum absolute atomic E-state index is 12.5. The van der Waals surface area contributed by atoms with Crippen LogP contribution in [0.5, 0.6) is 0 Å². The van der Waals surface area contributed by atoms with Crippen LogP contribution in [0.3, 0.4) is 0 Å². The number of nitrogens with one attached hydrogen (secondary N) is 2. The molecule has 29 heavy (non-hydrogen) atoms. The van der Waals surface area contributed by atoms with Crippen molar-refractivity contribution in [2.24, 2.45) is 0 Å². The average molecular weight is 388 g/mol. The second-order valence-electron chi connectivity index (χ2n) is 7.33. The molecule has 0 atom stereocenters. The van der Waals surface area contributed by atoms with Gasteiger partial charge in [0.1, 0.15) is 5.69 Å². The molecule has 1 fully saturated rings. The average Bonchev–Trinajstić information content (AvgIpc) is 2.75. The number of anilines is 2. The van der Waals surface area contributed by atoms with E-state index in [-0.39, 0.29) is 11.8 Å². The van der Waals surface area contributed by atoms with Crippen molar-refractivity contribution < 1.29 is 9.59 Å². The van der Waals surface area contributed by atoms with Crippen molar-refractivity contribution in [2.75, 3.05) is 30.3 Å². The Morgan fingerprint density at radius 1 is 0.862 bits per heavy atom. The van der Waals surface area contributed by atoms with Gasteiger partial charge in [-0.05, 0) is 61.6 Å². The van der Waals surface area contributed by atoms with E-state index in [4.69, 9.17) is 0 Å². The summed E-state index contributed by atoms with van der Waals surface area (Å²) in [5, 5.41) is 7.73. The zero-order valence-electron chi connectivity index (χ0n) is 16.2. The Hall–Kier alpha value is -3.25. The molecule has 6 nitrogen and oxygen atoms in total. The molecule has 1 saturated heterocycles. The van der Waals surface area contributed by atoms with Crippen LogP contribution in [0.4, 0.5) is 11.4 Å². The second-order valence-corrected chi connectivity index (χ2v) is 7.33. The van der Waals surface area contributed by atoms with Gasteiger partial charge < -0.3 is 10.6 Å². The molecule has 0 unspecified atom stereocenters. The molecule has 0 spiro atoms. The molecule has 1 aliphatic heterocycles. The molecule has 2 N–H and O–H groups in total. The Bertz CT molecular complexity index is 1010. The van der Waals surface area contributed by atoms with Crippen molar-refractivity contribution in [3.05, 3.63) is 66.5 Å². The third-order valence-corrected chi connectivity index (χ3v) is 5.11. The maximum Gasteiger partial charge on any atom is 0.274 e. The number of amides is 2. The number of nitrogens with zero attached hydrogens (tertiary/aromatic N) is 2. The smallest absolute Gasteiger partial charge is 0.274 e. The van der Waals surface area contributed by atoms with E-state index in [1.807, 2.05) is 24.3 Å². The molecule has 2 aromatic carbocycles. The van der Waals surface area contributed by atoms with E-state index in [0.29, 0.717) is 23.6 Å². The van der Waals surface area contributed by atoms with E-state index in [1.54, 1.807) is 36.5 Å². The van der Waals surface area contributed by atoms with Gasteiger partial charge in [0, 0.05) is 23.0 Å². The molecule has 1 aliphatic rings. The van der Waals surface area contributed by atoms with Gasteiger partial charge in [-0.1, -0.05) is 30.7 Å². The maximum atomic E-state index is 12.5. The quantitative estimate of drug-likeness (QED) is 0.695. The molecule has 6 heteroatoms. The third kappa shape index (κ3) is 4.97. The van der Waals surface area contributed by atoms with Crippen molar-refractivity contribution in [3.63, 3.8) is 0 Å². The number of likely N-dealkylation sites (tertiary alicyclic amines) is 1. The number of piperidine rings is 1. The Morgan fingerprint density at radius 2 is 1.52 bits per heavy atom. The Kier molecular flexibility index (Phi) is 5.81. The first-order chi connectivity index (χ1) is 14.2. The third-order valence-electron chi connectivity index (χ3n) is 5.11. The first-order valence-electron chi connectivity index (χ1n) is 9.96. The Balaban J connectivity index is 1.34. The van der Waals surface area contributed by atoms with Crippen molar-refractivity contribution in [1.29, 1.82) is 0 Å². The van der Waals surface area contributed by atoms with E-state index >= 15 is 0 Å². The van der Waals surface area contributed by atoms with E-state index < -0.39 is 0 Å². The van der Waals surface area contributed by atoms with Crippen molar-refractivity contribution in [3.8, 4) is 0 Å². The number of hydrogen-bond acceptors (Lipinski definition) is 4. The second kappa shape index (κ2) is 8.84. The van der Waals surface area contributed by atoms with Gasteiger partial charge in [0.25, 0.3) is 5.91 Å². The number of aromatic nitrogens is 1. The molecule has 148 valence electrons. The lowest BCUT2D eigenvalue weighted by Crippen LogP contribution is -2.36. The Labute approximate surface area is 169 Å². The predicted molar refractivity (Wildman–Crippen MR) is 115 cm³/mol. The summed E-state index contributed by atoms with van der Waals surface area (Å²) in [6.45, 7) is 2.40. The van der Waals surface area contributed by atoms with Crippen LogP contribution in [0, 0.1) is 0 Å². The van der Waals surface area contributed by atoms with Gasteiger partial charge in [-0.25, -0.2) is 0 Å². The number of hydrogen-bond donors (Lipinski definition) is 2. The van der Waals surface area contributed by atoms with E-state index in [2.05, 4.69) is 20.5 Å². The summed E-state index contributed by atoms with van der Waals surface area (Å²) in [6, 6.07) is 16.7. The molecule has 0 aliphatic carbocycles. The summed E-state index contributed by atoms with van der Waals surface area (Å²) in [4.78, 5) is 31.1. The van der Waals surface area contributed by atoms with Crippen LogP contribution in [0.25, 0.3) is 10.8 Å². The summed E-state index contributed by atoms with van der Waals surface area (Å²) < 4.78 is 0. The summed E-state index contributed by atoms with van der Waals surface area (Å²) in [5.41, 5.74) is 1.73. The van der Waals surface area contributed by atoms with Gasteiger partial charge in [-0.2, -0.15) is 0 Å². The topological polar surface area (TPSA) is 74.3 Å². The van der Waals surface area contributed by atoms with Gasteiger partial charge in [0.2, 0.25) is 5.91 Å². The monoisotopic (exact) mass is 388 g/mol. The fraction of sp³-hybridized carbons (Fsp3) is 0.261. The number of rotatable bonds is 5. The molecule has 4 rings (SSSR count).